The molecule has 0 unspecified atom stereocenters. The number of rotatable bonds is 3. The summed E-state index contributed by atoms with van der Waals surface area (Å²) in [6.45, 7) is 2.11. The summed E-state index contributed by atoms with van der Waals surface area (Å²) < 4.78 is 0. The molecule has 0 aliphatic heterocycles. The van der Waals surface area contributed by atoms with Gasteiger partial charge in [-0.05, 0) is 30.9 Å². The summed E-state index contributed by atoms with van der Waals surface area (Å²) >= 11 is 0. The van der Waals surface area contributed by atoms with Crippen LogP contribution in [0.4, 0.5) is 0 Å². The fourth-order valence-corrected chi connectivity index (χ4v) is 1.53. The molecule has 1 aromatic rings. The third-order valence-electron chi connectivity index (χ3n) is 2.57. The van der Waals surface area contributed by atoms with E-state index >= 15 is 0 Å². The Morgan fingerprint density at radius 2 is 2.23 bits per heavy atom. The zero-order valence-corrected chi connectivity index (χ0v) is 7.92. The van der Waals surface area contributed by atoms with E-state index in [1.54, 1.807) is 0 Å². The second-order valence-corrected chi connectivity index (χ2v) is 3.69. The van der Waals surface area contributed by atoms with E-state index in [9.17, 15) is 4.79 Å². The van der Waals surface area contributed by atoms with E-state index in [4.69, 9.17) is 0 Å². The lowest BCUT2D eigenvalue weighted by Gasteiger charge is -2.01. The Morgan fingerprint density at radius 1 is 1.46 bits per heavy atom. The second kappa shape index (κ2) is 3.33. The normalized spacial score (nSPS) is 15.8. The van der Waals surface area contributed by atoms with Gasteiger partial charge in [-0.1, -0.05) is 25.1 Å². The molecular formula is C12H14O. The van der Waals surface area contributed by atoms with Crippen LogP contribution >= 0.6 is 0 Å². The number of benzene rings is 1. The molecule has 1 saturated carbocycles. The van der Waals surface area contributed by atoms with Gasteiger partial charge in [0.15, 0.2) is 5.78 Å². The van der Waals surface area contributed by atoms with Crippen LogP contribution in [0.25, 0.3) is 0 Å². The summed E-state index contributed by atoms with van der Waals surface area (Å²) in [4.78, 5) is 11.7. The van der Waals surface area contributed by atoms with E-state index in [0.717, 1.165) is 24.8 Å². The van der Waals surface area contributed by atoms with Crippen molar-refractivity contribution in [2.75, 3.05) is 0 Å². The maximum absolute atomic E-state index is 11.7. The molecule has 1 fully saturated rings. The molecule has 0 heterocycles. The van der Waals surface area contributed by atoms with Crippen molar-refractivity contribution >= 4 is 5.78 Å². The Labute approximate surface area is 78.8 Å². The first-order valence-corrected chi connectivity index (χ1v) is 4.94. The number of hydrogen-bond donors (Lipinski definition) is 0. The van der Waals surface area contributed by atoms with Gasteiger partial charge in [0.25, 0.3) is 0 Å². The van der Waals surface area contributed by atoms with Crippen LogP contribution in [-0.2, 0) is 6.42 Å². The lowest BCUT2D eigenvalue weighted by Crippen LogP contribution is -2.01. The van der Waals surface area contributed by atoms with Crippen LogP contribution in [0.1, 0.15) is 35.7 Å². The van der Waals surface area contributed by atoms with Crippen LogP contribution in [0.2, 0.25) is 0 Å². The lowest BCUT2D eigenvalue weighted by atomic mass is 10.0. The molecule has 0 atom stereocenters. The molecule has 0 aromatic heterocycles. The van der Waals surface area contributed by atoms with Crippen LogP contribution in [-0.4, -0.2) is 5.78 Å². The van der Waals surface area contributed by atoms with E-state index in [0.29, 0.717) is 11.7 Å². The molecule has 68 valence electrons. The van der Waals surface area contributed by atoms with Gasteiger partial charge in [0.05, 0.1) is 0 Å². The summed E-state index contributed by atoms with van der Waals surface area (Å²) in [5, 5.41) is 0. The average molecular weight is 174 g/mol. The minimum atomic E-state index is 0.340. The highest BCUT2D eigenvalue weighted by molar-refractivity contribution is 5.99. The highest BCUT2D eigenvalue weighted by Gasteiger charge is 2.30. The molecule has 1 aromatic carbocycles. The molecule has 1 heteroatoms. The van der Waals surface area contributed by atoms with Gasteiger partial charge >= 0.3 is 0 Å². The van der Waals surface area contributed by atoms with Crippen LogP contribution in [0.15, 0.2) is 24.3 Å². The highest BCUT2D eigenvalue weighted by atomic mass is 16.1. The summed E-state index contributed by atoms with van der Waals surface area (Å²) in [5.74, 6) is 0.683. The monoisotopic (exact) mass is 174 g/mol. The molecule has 1 aliphatic rings. The predicted molar refractivity (Wildman–Crippen MR) is 52.9 cm³/mol. The topological polar surface area (TPSA) is 17.1 Å². The van der Waals surface area contributed by atoms with Gasteiger partial charge in [0.2, 0.25) is 0 Å². The molecule has 13 heavy (non-hydrogen) atoms. The number of carbonyl (C=O) groups excluding carboxylic acids is 1. The van der Waals surface area contributed by atoms with E-state index in [1.165, 1.54) is 5.56 Å². The largest absolute Gasteiger partial charge is 0.294 e. The van der Waals surface area contributed by atoms with E-state index in [2.05, 4.69) is 13.0 Å². The van der Waals surface area contributed by atoms with Gasteiger partial charge in [0.1, 0.15) is 0 Å². The number of carbonyl (C=O) groups is 1. The molecule has 0 radical (unpaired) electrons. The molecular weight excluding hydrogens is 160 g/mol. The summed E-state index contributed by atoms with van der Waals surface area (Å²) in [7, 11) is 0. The van der Waals surface area contributed by atoms with Gasteiger partial charge in [-0.25, -0.2) is 0 Å². The Morgan fingerprint density at radius 3 is 2.85 bits per heavy atom. The van der Waals surface area contributed by atoms with Crippen molar-refractivity contribution in [3.05, 3.63) is 35.4 Å². The number of hydrogen-bond acceptors (Lipinski definition) is 1. The molecule has 0 bridgehead atoms. The first kappa shape index (κ1) is 8.49. The summed E-state index contributed by atoms with van der Waals surface area (Å²) in [5.41, 5.74) is 2.16. The van der Waals surface area contributed by atoms with Gasteiger partial charge in [-0.3, -0.25) is 4.79 Å². The third-order valence-corrected chi connectivity index (χ3v) is 2.57. The molecule has 0 saturated heterocycles. The number of ketones is 1. The molecule has 0 amide bonds. The van der Waals surface area contributed by atoms with Crippen LogP contribution in [0.3, 0.4) is 0 Å². The Hall–Kier alpha value is -1.11. The average Bonchev–Trinajstić information content (AvgIpc) is 3.00. The lowest BCUT2D eigenvalue weighted by molar-refractivity contribution is 0.0967. The fraction of sp³-hybridized carbons (Fsp3) is 0.417. The van der Waals surface area contributed by atoms with Gasteiger partial charge in [-0.2, -0.15) is 0 Å². The summed E-state index contributed by atoms with van der Waals surface area (Å²) in [6.07, 6.45) is 3.19. The van der Waals surface area contributed by atoms with E-state index in [1.807, 2.05) is 18.2 Å². The maximum atomic E-state index is 11.7. The van der Waals surface area contributed by atoms with Crippen molar-refractivity contribution in [2.24, 2.45) is 5.92 Å². The second-order valence-electron chi connectivity index (χ2n) is 3.69. The predicted octanol–water partition coefficient (Wildman–Crippen LogP) is 2.84. The molecule has 0 spiro atoms. The van der Waals surface area contributed by atoms with Crippen molar-refractivity contribution < 1.29 is 4.79 Å². The Balaban J connectivity index is 2.23. The van der Waals surface area contributed by atoms with Crippen LogP contribution in [0.5, 0.6) is 0 Å². The minimum absolute atomic E-state index is 0.340. The van der Waals surface area contributed by atoms with Gasteiger partial charge in [0, 0.05) is 11.5 Å². The first-order valence-electron chi connectivity index (χ1n) is 4.94. The number of aryl methyl sites for hydroxylation is 1. The first-order chi connectivity index (χ1) is 6.31. The molecule has 1 aliphatic carbocycles. The number of Topliss-reactive ketones (excluding diaryl/α,β-unsaturated/α-hetero) is 1. The highest BCUT2D eigenvalue weighted by Crippen LogP contribution is 2.32. The molecule has 1 nitrogen and oxygen atoms in total. The maximum Gasteiger partial charge on any atom is 0.165 e. The third kappa shape index (κ3) is 1.80. The zero-order chi connectivity index (χ0) is 9.26. The van der Waals surface area contributed by atoms with Crippen molar-refractivity contribution in [1.29, 1.82) is 0 Å². The zero-order valence-electron chi connectivity index (χ0n) is 7.92. The van der Waals surface area contributed by atoms with E-state index < -0.39 is 0 Å². The SMILES string of the molecule is CCc1cccc(C(=O)C2CC2)c1. The minimum Gasteiger partial charge on any atom is -0.294 e. The fourth-order valence-electron chi connectivity index (χ4n) is 1.53. The van der Waals surface area contributed by atoms with Crippen molar-refractivity contribution in [1.82, 2.24) is 0 Å². The smallest absolute Gasteiger partial charge is 0.165 e. The van der Waals surface area contributed by atoms with Crippen molar-refractivity contribution in [3.8, 4) is 0 Å². The van der Waals surface area contributed by atoms with Crippen LogP contribution in [0, 0.1) is 5.92 Å². The quantitative estimate of drug-likeness (QED) is 0.644. The van der Waals surface area contributed by atoms with Crippen molar-refractivity contribution in [3.63, 3.8) is 0 Å². The van der Waals surface area contributed by atoms with Crippen molar-refractivity contribution in [2.45, 2.75) is 26.2 Å². The Kier molecular flexibility index (Phi) is 2.17. The van der Waals surface area contributed by atoms with E-state index in [-0.39, 0.29) is 0 Å². The summed E-state index contributed by atoms with van der Waals surface area (Å²) in [6, 6.07) is 8.01. The van der Waals surface area contributed by atoms with Crippen LogP contribution < -0.4 is 0 Å². The molecule has 2 rings (SSSR count). The van der Waals surface area contributed by atoms with Gasteiger partial charge in [-0.15, -0.1) is 0 Å². The standard InChI is InChI=1S/C12H14O/c1-2-9-4-3-5-11(8-9)12(13)10-6-7-10/h3-5,8,10H,2,6-7H2,1H3. The Bertz CT molecular complexity index is 324. The molecule has 0 N–H and O–H groups in total. The van der Waals surface area contributed by atoms with Gasteiger partial charge < -0.3 is 0 Å².